The summed E-state index contributed by atoms with van der Waals surface area (Å²) in [4.78, 5) is 41.6. The summed E-state index contributed by atoms with van der Waals surface area (Å²) in [6, 6.07) is 40.6. The van der Waals surface area contributed by atoms with Gasteiger partial charge in [-0.1, -0.05) is 48.5 Å². The van der Waals surface area contributed by atoms with E-state index in [2.05, 4.69) is 51.0 Å². The van der Waals surface area contributed by atoms with Crippen LogP contribution in [-0.4, -0.2) is 75.7 Å². The van der Waals surface area contributed by atoms with Crippen LogP contribution in [0.2, 0.25) is 0 Å². The molecule has 0 aliphatic carbocycles. The van der Waals surface area contributed by atoms with Gasteiger partial charge in [0.2, 0.25) is 0 Å². The Kier molecular flexibility index (Phi) is 14.8. The van der Waals surface area contributed by atoms with E-state index < -0.39 is 5.91 Å². The molecule has 0 atom stereocenters. The standard InChI is InChI=1S/C26H18N8O3.C18H15NO3.C8H6N6/c1-37-19-9-7-18(8-10-19)31-25(36)21-13-16-5-2-3-6-20(16)22(23(21)35)32-33-24-17(14-27)15-30-34(24)26-28-11-4-12-29-26;1-22-15-8-6-14(7-9-15)19-18(21)16-10-12-4-2-3-5-13(12)11-17(16)20;9-4-6-5-13-14(7(6)10)8-11-2-1-3-12-8/h2-13,15,35H,1H3,(H,31,36);2-11,20H,1H3,(H,19,21);1-3,5H,10H2. The number of benzene rings is 6. The fraction of sp³-hybridized carbons (Fsp3) is 0.0385. The molecule has 21 heteroatoms. The van der Waals surface area contributed by atoms with Crippen molar-refractivity contribution in [3.63, 3.8) is 0 Å². The first-order valence-electron chi connectivity index (χ1n) is 21.6. The number of carbonyl (C=O) groups excluding carboxylic acids is 2. The minimum atomic E-state index is -0.537. The largest absolute Gasteiger partial charge is 0.507 e. The summed E-state index contributed by atoms with van der Waals surface area (Å²) in [5.74, 6) is 0.935. The number of methoxy groups -OCH3 is 2. The van der Waals surface area contributed by atoms with Gasteiger partial charge in [0.25, 0.3) is 23.7 Å². The summed E-state index contributed by atoms with van der Waals surface area (Å²) in [5, 5.41) is 64.4. The average molecular weight is 970 g/mol. The van der Waals surface area contributed by atoms with Gasteiger partial charge < -0.3 is 36.1 Å². The molecule has 10 aromatic rings. The summed E-state index contributed by atoms with van der Waals surface area (Å²) >= 11 is 0. The van der Waals surface area contributed by atoms with E-state index in [1.54, 1.807) is 130 Å². The smallest absolute Gasteiger partial charge is 0.259 e. The second-order valence-electron chi connectivity index (χ2n) is 15.1. The molecule has 0 saturated carbocycles. The van der Waals surface area contributed by atoms with Crippen LogP contribution in [0.15, 0.2) is 175 Å². The number of nitrogen functional groups attached to an aromatic ring is 1. The second-order valence-corrected chi connectivity index (χ2v) is 15.1. The van der Waals surface area contributed by atoms with E-state index in [0.29, 0.717) is 45.2 Å². The van der Waals surface area contributed by atoms with E-state index in [1.807, 2.05) is 36.4 Å². The van der Waals surface area contributed by atoms with Crippen LogP contribution in [0.4, 0.5) is 28.7 Å². The maximum Gasteiger partial charge on any atom is 0.259 e. The minimum absolute atomic E-state index is 0.00359. The number of aromatic hydroxyl groups is 2. The fourth-order valence-corrected chi connectivity index (χ4v) is 6.91. The van der Waals surface area contributed by atoms with E-state index in [-0.39, 0.29) is 57.4 Å². The molecule has 73 heavy (non-hydrogen) atoms. The fourth-order valence-electron chi connectivity index (χ4n) is 6.91. The van der Waals surface area contributed by atoms with E-state index in [0.717, 1.165) is 10.8 Å². The zero-order chi connectivity index (χ0) is 51.3. The van der Waals surface area contributed by atoms with Crippen molar-refractivity contribution >= 4 is 62.1 Å². The first-order chi connectivity index (χ1) is 35.6. The summed E-state index contributed by atoms with van der Waals surface area (Å²) in [5.41, 5.74) is 7.56. The second kappa shape index (κ2) is 22.4. The molecule has 0 unspecified atom stereocenters. The Labute approximate surface area is 414 Å². The zero-order valence-electron chi connectivity index (χ0n) is 38.6. The SMILES string of the molecule is COc1ccc(NC(=O)c2cc3ccccc3c(N=Nc3c(C#N)cnn3-c3ncccn3)c2O)cc1.COc1ccc(NC(=O)c2cc3ccccc3cc2O)cc1.N#Cc1cnn(-c2ncccn2)c1N. The number of ether oxygens (including phenoxy) is 2. The number of fused-ring (bicyclic) bond motifs is 2. The monoisotopic (exact) mass is 969 g/mol. The molecule has 0 aliphatic rings. The first-order valence-corrected chi connectivity index (χ1v) is 21.6. The number of hydrogen-bond donors (Lipinski definition) is 5. The number of anilines is 3. The van der Waals surface area contributed by atoms with Crippen LogP contribution in [0.3, 0.4) is 0 Å². The highest BCUT2D eigenvalue weighted by atomic mass is 16.5. The first kappa shape index (κ1) is 48.4. The van der Waals surface area contributed by atoms with Crippen molar-refractivity contribution in [1.29, 1.82) is 10.5 Å². The van der Waals surface area contributed by atoms with Gasteiger partial charge in [-0.3, -0.25) is 9.59 Å². The van der Waals surface area contributed by atoms with Crippen LogP contribution in [-0.2, 0) is 0 Å². The highest BCUT2D eigenvalue weighted by Gasteiger charge is 2.20. The van der Waals surface area contributed by atoms with Gasteiger partial charge in [0.05, 0.1) is 37.7 Å². The molecule has 21 nitrogen and oxygen atoms in total. The van der Waals surface area contributed by atoms with E-state index in [9.17, 15) is 25.1 Å². The Morgan fingerprint density at radius 3 is 1.63 bits per heavy atom. The van der Waals surface area contributed by atoms with Crippen molar-refractivity contribution in [3.8, 4) is 47.0 Å². The summed E-state index contributed by atoms with van der Waals surface area (Å²) in [6.45, 7) is 0. The lowest BCUT2D eigenvalue weighted by Gasteiger charge is -2.11. The molecule has 0 saturated heterocycles. The molecule has 0 radical (unpaired) electrons. The quantitative estimate of drug-likeness (QED) is 0.0799. The Morgan fingerprint density at radius 2 is 1.08 bits per heavy atom. The molecule has 4 heterocycles. The van der Waals surface area contributed by atoms with E-state index in [4.69, 9.17) is 20.5 Å². The number of azo groups is 1. The van der Waals surface area contributed by atoms with Gasteiger partial charge >= 0.3 is 0 Å². The molecule has 6 aromatic carbocycles. The lowest BCUT2D eigenvalue weighted by atomic mass is 10.0. The van der Waals surface area contributed by atoms with Crippen molar-refractivity contribution in [3.05, 3.63) is 187 Å². The van der Waals surface area contributed by atoms with Gasteiger partial charge in [0.1, 0.15) is 52.0 Å². The Balaban J connectivity index is 0.000000166. The van der Waals surface area contributed by atoms with Gasteiger partial charge in [0.15, 0.2) is 11.6 Å². The number of rotatable bonds is 10. The van der Waals surface area contributed by atoms with Crippen LogP contribution in [0, 0.1) is 22.7 Å². The molecule has 0 bridgehead atoms. The normalized spacial score (nSPS) is 10.5. The topological polar surface area (TPSA) is 303 Å². The maximum atomic E-state index is 13.1. The van der Waals surface area contributed by atoms with Crippen LogP contribution in [0.1, 0.15) is 31.8 Å². The maximum absolute atomic E-state index is 13.1. The van der Waals surface area contributed by atoms with E-state index in [1.165, 1.54) is 34.2 Å². The van der Waals surface area contributed by atoms with Gasteiger partial charge in [-0.2, -0.15) is 30.1 Å². The van der Waals surface area contributed by atoms with Crippen molar-refractivity contribution < 1.29 is 29.3 Å². The molecule has 2 amide bonds. The van der Waals surface area contributed by atoms with Crippen molar-refractivity contribution in [1.82, 2.24) is 39.5 Å². The van der Waals surface area contributed by atoms with E-state index >= 15 is 0 Å². The molecular formula is C52H39N15O6. The highest BCUT2D eigenvalue weighted by molar-refractivity contribution is 6.12. The number of amides is 2. The third-order valence-electron chi connectivity index (χ3n) is 10.6. The predicted molar refractivity (Wildman–Crippen MR) is 269 cm³/mol. The molecule has 10 rings (SSSR count). The van der Waals surface area contributed by atoms with Crippen LogP contribution < -0.4 is 25.8 Å². The van der Waals surface area contributed by atoms with Crippen LogP contribution in [0.5, 0.6) is 23.0 Å². The number of nitrogens with two attached hydrogens (primary N) is 1. The predicted octanol–water partition coefficient (Wildman–Crippen LogP) is 8.99. The highest BCUT2D eigenvalue weighted by Crippen LogP contribution is 2.40. The van der Waals surface area contributed by atoms with Crippen LogP contribution in [0.25, 0.3) is 33.4 Å². The lowest BCUT2D eigenvalue weighted by molar-refractivity contribution is 0.101. The average Bonchev–Trinajstić information content (AvgIpc) is 4.03. The number of phenolic OH excluding ortho intramolecular Hbond substituents is 2. The number of carbonyl (C=O) groups is 2. The van der Waals surface area contributed by atoms with Gasteiger partial charge in [0, 0.05) is 41.5 Å². The zero-order valence-corrected chi connectivity index (χ0v) is 38.6. The lowest BCUT2D eigenvalue weighted by Crippen LogP contribution is -2.12. The Hall–Kier alpha value is -11.1. The number of phenols is 2. The molecule has 0 fully saturated rings. The number of hydrogen-bond acceptors (Lipinski definition) is 17. The summed E-state index contributed by atoms with van der Waals surface area (Å²) < 4.78 is 12.8. The van der Waals surface area contributed by atoms with Crippen molar-refractivity contribution in [2.24, 2.45) is 10.2 Å². The summed E-state index contributed by atoms with van der Waals surface area (Å²) in [7, 11) is 3.14. The Bertz CT molecular complexity index is 3700. The van der Waals surface area contributed by atoms with Crippen molar-refractivity contribution in [2.75, 3.05) is 30.6 Å². The summed E-state index contributed by atoms with van der Waals surface area (Å²) in [6.07, 6.45) is 8.92. The number of nitrogens with one attached hydrogen (secondary N) is 2. The minimum Gasteiger partial charge on any atom is -0.507 e. The van der Waals surface area contributed by atoms with Gasteiger partial charge in [-0.15, -0.1) is 10.2 Å². The van der Waals surface area contributed by atoms with Gasteiger partial charge in [-0.05, 0) is 95.0 Å². The van der Waals surface area contributed by atoms with Crippen molar-refractivity contribution in [2.45, 2.75) is 0 Å². The molecule has 0 aliphatic heterocycles. The number of nitriles is 2. The third-order valence-corrected chi connectivity index (χ3v) is 10.6. The van der Waals surface area contributed by atoms with Crippen LogP contribution >= 0.6 is 0 Å². The van der Waals surface area contributed by atoms with Gasteiger partial charge in [-0.25, -0.2) is 19.9 Å². The number of aromatic nitrogens is 8. The third kappa shape index (κ3) is 11.1. The molecular weight excluding hydrogens is 931 g/mol. The number of nitrogens with zero attached hydrogens (tertiary/aromatic N) is 12. The Morgan fingerprint density at radius 1 is 0.603 bits per heavy atom. The molecule has 4 aromatic heterocycles. The molecule has 6 N–H and O–H groups in total. The molecule has 358 valence electrons. The molecule has 0 spiro atoms.